The minimum Gasteiger partial charge on any atom is -0.497 e. The number of aryl methyl sites for hydroxylation is 1. The first kappa shape index (κ1) is 16.4. The smallest absolute Gasteiger partial charge is 0.303 e. The first-order valence-corrected chi connectivity index (χ1v) is 9.22. The van der Waals surface area contributed by atoms with Gasteiger partial charge in [0, 0.05) is 12.3 Å². The predicted octanol–water partition coefficient (Wildman–Crippen LogP) is 4.86. The second-order valence-corrected chi connectivity index (χ2v) is 8.12. The topological polar surface area (TPSA) is 46.5 Å². The van der Waals surface area contributed by atoms with E-state index < -0.39 is 5.97 Å². The van der Waals surface area contributed by atoms with Gasteiger partial charge in [0.05, 0.1) is 7.11 Å². The van der Waals surface area contributed by atoms with E-state index >= 15 is 0 Å². The fraction of sp³-hybridized carbons (Fsp3) is 0.500. The molecule has 3 aliphatic carbocycles. The highest BCUT2D eigenvalue weighted by Gasteiger charge is 2.52. The SMILES string of the molecule is C=C1C[C@@H](CC(=O)O)[C@@]2(C)CCC3=C(CCc4cc(OC)ccc43)[C@H]12. The van der Waals surface area contributed by atoms with Crippen molar-refractivity contribution in [2.45, 2.75) is 45.4 Å². The molecule has 1 fully saturated rings. The van der Waals surface area contributed by atoms with Gasteiger partial charge in [-0.25, -0.2) is 0 Å². The largest absolute Gasteiger partial charge is 0.497 e. The Bertz CT molecular complexity index is 788. The molecule has 0 unspecified atom stereocenters. The van der Waals surface area contributed by atoms with Gasteiger partial charge in [0.15, 0.2) is 0 Å². The van der Waals surface area contributed by atoms with Gasteiger partial charge in [0.1, 0.15) is 5.75 Å². The highest BCUT2D eigenvalue weighted by molar-refractivity contribution is 5.76. The maximum atomic E-state index is 11.3. The van der Waals surface area contributed by atoms with Crippen molar-refractivity contribution in [3.8, 4) is 5.75 Å². The lowest BCUT2D eigenvalue weighted by molar-refractivity contribution is -0.139. The molecule has 0 aromatic heterocycles. The van der Waals surface area contributed by atoms with Crippen LogP contribution in [0.1, 0.15) is 50.2 Å². The number of carbonyl (C=O) groups is 1. The molecule has 1 N–H and O–H groups in total. The fourth-order valence-corrected chi connectivity index (χ4v) is 5.68. The molecule has 0 aliphatic heterocycles. The van der Waals surface area contributed by atoms with Crippen LogP contribution >= 0.6 is 0 Å². The number of allylic oxidation sites excluding steroid dienone is 3. The molecule has 0 bridgehead atoms. The van der Waals surface area contributed by atoms with Crippen LogP contribution in [0, 0.1) is 17.3 Å². The van der Waals surface area contributed by atoms with Crippen molar-refractivity contribution in [3.63, 3.8) is 0 Å². The maximum absolute atomic E-state index is 11.3. The first-order valence-electron chi connectivity index (χ1n) is 9.22. The average molecular weight is 338 g/mol. The van der Waals surface area contributed by atoms with Gasteiger partial charge in [0.2, 0.25) is 0 Å². The minimum atomic E-state index is -0.680. The van der Waals surface area contributed by atoms with Crippen LogP contribution in [0.5, 0.6) is 5.75 Å². The third-order valence-corrected chi connectivity index (χ3v) is 6.88. The Balaban J connectivity index is 1.76. The number of benzene rings is 1. The van der Waals surface area contributed by atoms with E-state index in [9.17, 15) is 9.90 Å². The zero-order chi connectivity index (χ0) is 17.8. The van der Waals surface area contributed by atoms with Gasteiger partial charge >= 0.3 is 5.97 Å². The van der Waals surface area contributed by atoms with Gasteiger partial charge in [-0.05, 0) is 72.3 Å². The zero-order valence-corrected chi connectivity index (χ0v) is 15.1. The second kappa shape index (κ2) is 5.76. The number of ether oxygens (including phenoxy) is 1. The molecule has 0 radical (unpaired) electrons. The van der Waals surface area contributed by atoms with Crippen molar-refractivity contribution in [2.24, 2.45) is 17.3 Å². The number of fused-ring (bicyclic) bond motifs is 4. The third kappa shape index (κ3) is 2.44. The van der Waals surface area contributed by atoms with E-state index in [4.69, 9.17) is 4.74 Å². The number of hydrogen-bond donors (Lipinski definition) is 1. The third-order valence-electron chi connectivity index (χ3n) is 6.88. The van der Waals surface area contributed by atoms with Crippen LogP contribution in [-0.4, -0.2) is 18.2 Å². The quantitative estimate of drug-likeness (QED) is 0.800. The Kier molecular flexibility index (Phi) is 3.78. The Labute approximate surface area is 149 Å². The fourth-order valence-electron chi connectivity index (χ4n) is 5.68. The van der Waals surface area contributed by atoms with Crippen molar-refractivity contribution < 1.29 is 14.6 Å². The van der Waals surface area contributed by atoms with Crippen molar-refractivity contribution in [3.05, 3.63) is 47.1 Å². The van der Waals surface area contributed by atoms with Gasteiger partial charge < -0.3 is 9.84 Å². The summed E-state index contributed by atoms with van der Waals surface area (Å²) in [4.78, 5) is 11.3. The van der Waals surface area contributed by atoms with E-state index in [2.05, 4.69) is 31.7 Å². The standard InChI is InChI=1S/C22H26O3/c1-13-10-15(12-20(23)24)22(2)9-8-18-17-7-5-16(25-3)11-14(17)4-6-19(18)21(13)22/h5,7,11,15,21H,1,4,6,8-10,12H2,2-3H3,(H,23,24)/t15-,21-,22+/m0/s1. The summed E-state index contributed by atoms with van der Waals surface area (Å²) in [6.07, 6.45) is 5.33. The number of hydrogen-bond acceptors (Lipinski definition) is 2. The summed E-state index contributed by atoms with van der Waals surface area (Å²) in [5, 5.41) is 9.32. The Hall–Kier alpha value is -2.03. The van der Waals surface area contributed by atoms with Gasteiger partial charge in [-0.15, -0.1) is 0 Å². The second-order valence-electron chi connectivity index (χ2n) is 8.12. The van der Waals surface area contributed by atoms with Crippen molar-refractivity contribution in [2.75, 3.05) is 7.11 Å². The van der Waals surface area contributed by atoms with E-state index in [1.165, 1.54) is 27.8 Å². The average Bonchev–Trinajstić information content (AvgIpc) is 2.84. The van der Waals surface area contributed by atoms with Crippen LogP contribution in [-0.2, 0) is 11.2 Å². The molecule has 4 rings (SSSR count). The van der Waals surface area contributed by atoms with Crippen LogP contribution in [0.3, 0.4) is 0 Å². The van der Waals surface area contributed by atoms with Crippen LogP contribution < -0.4 is 4.74 Å². The molecule has 1 aromatic rings. The summed E-state index contributed by atoms with van der Waals surface area (Å²) in [5.41, 5.74) is 7.08. The van der Waals surface area contributed by atoms with E-state index in [1.54, 1.807) is 7.11 Å². The lowest BCUT2D eigenvalue weighted by Crippen LogP contribution is -2.35. The summed E-state index contributed by atoms with van der Waals surface area (Å²) in [7, 11) is 1.71. The molecular weight excluding hydrogens is 312 g/mol. The molecule has 3 heteroatoms. The number of rotatable bonds is 3. The summed E-state index contributed by atoms with van der Waals surface area (Å²) in [6, 6.07) is 6.43. The number of carboxylic acid groups (broad SMARTS) is 1. The number of carboxylic acids is 1. The van der Waals surface area contributed by atoms with Crippen LogP contribution in [0.15, 0.2) is 35.9 Å². The molecule has 3 nitrogen and oxygen atoms in total. The van der Waals surface area contributed by atoms with E-state index in [0.29, 0.717) is 5.92 Å². The molecule has 0 amide bonds. The van der Waals surface area contributed by atoms with Crippen LogP contribution in [0.2, 0.25) is 0 Å². The Morgan fingerprint density at radius 3 is 2.88 bits per heavy atom. The van der Waals surface area contributed by atoms with Gasteiger partial charge in [-0.2, -0.15) is 0 Å². The summed E-state index contributed by atoms with van der Waals surface area (Å²) < 4.78 is 5.38. The van der Waals surface area contributed by atoms with E-state index in [0.717, 1.165) is 37.9 Å². The molecule has 0 heterocycles. The minimum absolute atomic E-state index is 0.0538. The monoisotopic (exact) mass is 338 g/mol. The number of methoxy groups -OCH3 is 1. The van der Waals surface area contributed by atoms with Crippen molar-refractivity contribution in [1.82, 2.24) is 0 Å². The molecule has 1 saturated carbocycles. The molecule has 25 heavy (non-hydrogen) atoms. The molecule has 0 spiro atoms. The highest BCUT2D eigenvalue weighted by Crippen LogP contribution is 2.62. The Morgan fingerprint density at radius 1 is 1.36 bits per heavy atom. The molecule has 3 atom stereocenters. The molecule has 3 aliphatic rings. The molecule has 132 valence electrons. The maximum Gasteiger partial charge on any atom is 0.303 e. The summed E-state index contributed by atoms with van der Waals surface area (Å²) >= 11 is 0. The van der Waals surface area contributed by atoms with Crippen molar-refractivity contribution in [1.29, 1.82) is 0 Å². The molecular formula is C22H26O3. The zero-order valence-electron chi connectivity index (χ0n) is 15.1. The lowest BCUT2D eigenvalue weighted by atomic mass is 9.59. The van der Waals surface area contributed by atoms with E-state index in [-0.39, 0.29) is 17.8 Å². The first-order chi connectivity index (χ1) is 11.9. The Morgan fingerprint density at radius 2 is 2.16 bits per heavy atom. The van der Waals surface area contributed by atoms with Gasteiger partial charge in [0.25, 0.3) is 0 Å². The lowest BCUT2D eigenvalue weighted by Gasteiger charge is -2.44. The van der Waals surface area contributed by atoms with Crippen LogP contribution in [0.25, 0.3) is 5.57 Å². The van der Waals surface area contributed by atoms with Crippen LogP contribution in [0.4, 0.5) is 0 Å². The highest BCUT2D eigenvalue weighted by atomic mass is 16.5. The van der Waals surface area contributed by atoms with E-state index in [1.807, 2.05) is 0 Å². The van der Waals surface area contributed by atoms with Crippen molar-refractivity contribution >= 4 is 11.5 Å². The molecule has 1 aromatic carbocycles. The van der Waals surface area contributed by atoms with Gasteiger partial charge in [-0.1, -0.05) is 30.7 Å². The molecule has 0 saturated heterocycles. The number of aliphatic carboxylic acids is 1. The summed E-state index contributed by atoms with van der Waals surface area (Å²) in [5.74, 6) is 0.820. The summed E-state index contributed by atoms with van der Waals surface area (Å²) in [6.45, 7) is 6.67. The van der Waals surface area contributed by atoms with Gasteiger partial charge in [-0.3, -0.25) is 4.79 Å². The predicted molar refractivity (Wildman–Crippen MR) is 98.6 cm³/mol. The normalized spacial score (nSPS) is 30.6.